The number of carbonyl (C=O) groups excluding carboxylic acids is 8. The van der Waals surface area contributed by atoms with Crippen LogP contribution < -0.4 is 62.1 Å². The van der Waals surface area contributed by atoms with Gasteiger partial charge in [0.15, 0.2) is 23.0 Å². The number of carbonyl (C=O) groups is 8. The van der Waals surface area contributed by atoms with Crippen molar-refractivity contribution in [1.29, 1.82) is 0 Å². The number of rotatable bonds is 12. The Bertz CT molecular complexity index is 4570. The van der Waals surface area contributed by atoms with Crippen molar-refractivity contribution < 1.29 is 93.0 Å². The number of hydrogen-bond donors (Lipinski definition) is 16. The number of aromatic hydroxyl groups is 6. The molecule has 13 rings (SSSR count). The highest BCUT2D eigenvalue weighted by atomic mass is 35.5. The average molecular weight is 1470 g/mol. The minimum absolute atomic E-state index is 0.00169. The summed E-state index contributed by atoms with van der Waals surface area (Å²) in [5.41, 5.74) is -2.88. The number of likely N-dealkylation sites (N-methyl/N-ethyl adjacent to an activating group) is 1. The van der Waals surface area contributed by atoms with E-state index >= 15 is 24.0 Å². The lowest BCUT2D eigenvalue weighted by molar-refractivity contribution is -0.137. The van der Waals surface area contributed by atoms with Crippen molar-refractivity contribution in [3.05, 3.63) is 164 Å². The second-order valence-corrected chi connectivity index (χ2v) is 27.3. The zero-order valence-electron chi connectivity index (χ0n) is 56.9. The highest BCUT2D eigenvalue weighted by Gasteiger charge is 2.42. The Kier molecular flexibility index (Phi) is 22.2. The molecule has 6 aliphatic rings. The monoisotopic (exact) mass is 1470 g/mol. The maximum atomic E-state index is 16.1. The van der Waals surface area contributed by atoms with Crippen LogP contribution in [0.2, 0.25) is 10.0 Å². The van der Waals surface area contributed by atoms with Gasteiger partial charge < -0.3 is 103 Å². The van der Waals surface area contributed by atoms with Gasteiger partial charge in [-0.05, 0) is 152 Å². The van der Waals surface area contributed by atoms with Crippen molar-refractivity contribution in [2.75, 3.05) is 13.6 Å². The molecule has 7 aromatic carbocycles. The first-order valence-electron chi connectivity index (χ1n) is 33.5. The lowest BCUT2D eigenvalue weighted by Gasteiger charge is -2.32. The third-order valence-corrected chi connectivity index (χ3v) is 18.5. The molecule has 1 unspecified atom stereocenters. The number of unbranched alkanes of at least 4 members (excludes halogenated alkanes) is 6. The summed E-state index contributed by atoms with van der Waals surface area (Å²) in [5.74, 6) is -14.0. The van der Waals surface area contributed by atoms with Gasteiger partial charge in [0.1, 0.15) is 94.2 Å². The lowest BCUT2D eigenvalue weighted by Crippen LogP contribution is -2.56. The van der Waals surface area contributed by atoms with Gasteiger partial charge in [-0.25, -0.2) is 4.79 Å². The maximum absolute atomic E-state index is 16.1. The SMILES string of the molecule is CCCCCCCCCNCc1c(O)cc2c(c1O)-c1cc(ccc1O)[C@@H]1NC(=O)[C@H]3NC(=O)[C@H]4NC(=O)[C@H](Cc5ccc(c(Cl)c5)Oc5cc3cc(c5O)Oc3ccc(cc3Cl)C(O)[C@H](NC1=O)C(=O)N[C@@H]2C(=O)NC)NC(=O)[C@H](NC(=O)OC(C)(C)C)c1ccc(O)c(c1)Oc1cc(O)cc4c1. The van der Waals surface area contributed by atoms with Crippen LogP contribution >= 0.6 is 23.2 Å². The number of halogens is 2. The van der Waals surface area contributed by atoms with Gasteiger partial charge in [-0.3, -0.25) is 33.6 Å². The van der Waals surface area contributed by atoms with Crippen LogP contribution in [0.15, 0.2) is 109 Å². The van der Waals surface area contributed by atoms with Gasteiger partial charge in [0.2, 0.25) is 47.1 Å². The Hall–Kier alpha value is -11.2. The number of aliphatic hydroxyl groups is 1. The number of ether oxygens (including phenoxy) is 4. The van der Waals surface area contributed by atoms with E-state index in [0.29, 0.717) is 6.54 Å². The molecule has 0 fully saturated rings. The molecule has 0 saturated heterocycles. The van der Waals surface area contributed by atoms with Crippen molar-refractivity contribution in [1.82, 2.24) is 47.9 Å². The number of hydrogen-bond acceptors (Lipinski definition) is 20. The van der Waals surface area contributed by atoms with E-state index in [9.17, 15) is 50.1 Å². The van der Waals surface area contributed by atoms with E-state index in [1.807, 2.05) is 0 Å². The van der Waals surface area contributed by atoms with Gasteiger partial charge in [-0.1, -0.05) is 92.9 Å². The van der Waals surface area contributed by atoms with Crippen molar-refractivity contribution in [2.24, 2.45) is 0 Å². The molecule has 28 nitrogen and oxygen atoms in total. The van der Waals surface area contributed by atoms with Gasteiger partial charge in [-0.2, -0.15) is 0 Å². The topological polar surface area (TPSA) is 423 Å². The molecule has 17 bridgehead atoms. The van der Waals surface area contributed by atoms with Gasteiger partial charge >= 0.3 is 6.09 Å². The minimum atomic E-state index is -2.20. The van der Waals surface area contributed by atoms with E-state index in [4.69, 9.17) is 42.1 Å². The zero-order valence-corrected chi connectivity index (χ0v) is 58.4. The van der Waals surface area contributed by atoms with Gasteiger partial charge in [0.25, 0.3) is 0 Å². The molecule has 8 atom stereocenters. The van der Waals surface area contributed by atoms with Crippen molar-refractivity contribution in [2.45, 2.75) is 140 Å². The van der Waals surface area contributed by atoms with E-state index in [1.54, 1.807) is 20.8 Å². The number of nitrogens with one attached hydrogen (secondary N) is 9. The molecule has 7 aromatic rings. The molecule has 0 aromatic heterocycles. The number of alkyl carbamates (subject to hydrolysis) is 1. The average Bonchev–Trinajstić information content (AvgIpc) is 0.753. The highest BCUT2D eigenvalue weighted by Crippen LogP contribution is 2.49. The molecule has 6 heterocycles. The summed E-state index contributed by atoms with van der Waals surface area (Å²) in [4.78, 5) is 121. The molecular weight excluding hydrogens is 1390 g/mol. The van der Waals surface area contributed by atoms with Crippen LogP contribution in [0.25, 0.3) is 11.1 Å². The number of phenols is 6. The summed E-state index contributed by atoms with van der Waals surface area (Å²) in [6, 6.07) is 7.73. The molecule has 104 heavy (non-hydrogen) atoms. The van der Waals surface area contributed by atoms with Crippen molar-refractivity contribution in [3.63, 3.8) is 0 Å². The van der Waals surface area contributed by atoms with E-state index in [2.05, 4.69) is 54.8 Å². The molecular formula is C74H77Cl2N9O19. The summed E-state index contributed by atoms with van der Waals surface area (Å²) in [5, 5.41) is 107. The van der Waals surface area contributed by atoms with Crippen molar-refractivity contribution >= 4 is 70.6 Å². The Morgan fingerprint density at radius 1 is 0.558 bits per heavy atom. The van der Waals surface area contributed by atoms with Crippen LogP contribution in [-0.2, 0) is 51.3 Å². The Labute approximate surface area is 605 Å². The van der Waals surface area contributed by atoms with Crippen LogP contribution in [-0.4, -0.2) is 114 Å². The molecule has 6 aliphatic heterocycles. The molecule has 546 valence electrons. The molecule has 0 saturated carbocycles. The van der Waals surface area contributed by atoms with E-state index < -0.39 is 154 Å². The van der Waals surface area contributed by atoms with Crippen LogP contribution in [0.3, 0.4) is 0 Å². The molecule has 0 spiro atoms. The summed E-state index contributed by atoms with van der Waals surface area (Å²) in [6.45, 7) is 7.17. The summed E-state index contributed by atoms with van der Waals surface area (Å²) >= 11 is 13.9. The largest absolute Gasteiger partial charge is 0.508 e. The van der Waals surface area contributed by atoms with E-state index in [-0.39, 0.29) is 95.2 Å². The summed E-state index contributed by atoms with van der Waals surface area (Å²) < 4.78 is 24.3. The second kappa shape index (κ2) is 31.2. The van der Waals surface area contributed by atoms with Crippen molar-refractivity contribution in [3.8, 4) is 80.1 Å². The Morgan fingerprint density at radius 3 is 1.82 bits per heavy atom. The molecule has 16 N–H and O–H groups in total. The lowest BCUT2D eigenvalue weighted by atomic mass is 9.87. The fraction of sp³-hybridized carbons (Fsp3) is 0.324. The van der Waals surface area contributed by atoms with Crippen LogP contribution in [0.5, 0.6) is 69.0 Å². The van der Waals surface area contributed by atoms with Crippen LogP contribution in [0.1, 0.15) is 153 Å². The highest BCUT2D eigenvalue weighted by molar-refractivity contribution is 6.32. The molecule has 0 radical (unpaired) electrons. The third kappa shape index (κ3) is 16.5. The van der Waals surface area contributed by atoms with Gasteiger partial charge in [0.05, 0.1) is 15.6 Å². The fourth-order valence-electron chi connectivity index (χ4n) is 12.6. The molecule has 0 aliphatic carbocycles. The first kappa shape index (κ1) is 74.0. The van der Waals surface area contributed by atoms with Gasteiger partial charge in [0, 0.05) is 37.2 Å². The van der Waals surface area contributed by atoms with Gasteiger partial charge in [-0.15, -0.1) is 0 Å². The number of phenolic OH excluding ortho intramolecular Hbond substituents is 6. The number of fused-ring (bicyclic) bond motifs is 14. The number of aliphatic hydroxyl groups excluding tert-OH is 1. The van der Waals surface area contributed by atoms with E-state index in [0.717, 1.165) is 87.4 Å². The van der Waals surface area contributed by atoms with E-state index in [1.165, 1.54) is 73.8 Å². The maximum Gasteiger partial charge on any atom is 0.408 e. The quantitative estimate of drug-likeness (QED) is 0.0507. The molecule has 30 heteroatoms. The zero-order chi connectivity index (χ0) is 74.6. The molecule has 8 amide bonds. The standard InChI is InChI=1S/C74H77Cl2N9O19/c1-6-7-8-9-10-11-12-21-78-33-44-50(89)32-43-56(64(44)91)42-26-35(14-17-48(42)87)57-69(96)84-62(72(99)83-61(43)67(94)77-5)63(90)37-16-20-52(46(76)27-37)103-55-30-39-29-54(65(55)92)102-51-19-13-34(22-45(51)75)23-47-66(93)80-59(70(97)82-60(39)71(98)81-57)38-24-40(86)31-41(25-38)101-53-28-36(15-18-49(53)88)58(68(95)79-47)85-73(100)104-74(2,3)4/h13-20,22,24-32,47,57-63,78,86-92H,6-12,21,23,33H2,1-5H3,(H,77,94)(H,79,95)(H,80,93)(H,81,98)(H,82,97)(H,83,99)(H,84,96)(H,85,100)/t47-,57-,58+,59-,60-,61-,62-,63?/m0/s1. The Morgan fingerprint density at radius 2 is 1.15 bits per heavy atom. The first-order valence-corrected chi connectivity index (χ1v) is 34.3. The fourth-order valence-corrected chi connectivity index (χ4v) is 13.1. The third-order valence-electron chi connectivity index (χ3n) is 17.9. The summed E-state index contributed by atoms with van der Waals surface area (Å²) in [7, 11) is 1.24. The van der Waals surface area contributed by atoms with Crippen LogP contribution in [0, 0.1) is 0 Å². The predicted molar refractivity (Wildman–Crippen MR) is 376 cm³/mol. The smallest absolute Gasteiger partial charge is 0.408 e. The predicted octanol–water partition coefficient (Wildman–Crippen LogP) is 9.05. The van der Waals surface area contributed by atoms with Crippen LogP contribution in [0.4, 0.5) is 4.79 Å². The second-order valence-electron chi connectivity index (χ2n) is 26.5. The Balaban J connectivity index is 1.10. The first-order chi connectivity index (χ1) is 49.6. The number of benzene rings is 7. The minimum Gasteiger partial charge on any atom is -0.508 e. The normalized spacial score (nSPS) is 20.2. The summed E-state index contributed by atoms with van der Waals surface area (Å²) in [6.07, 6.45) is 3.40. The number of amides is 8.